The number of H-pyrrole nitrogens is 1. The molecule has 0 amide bonds. The average Bonchev–Trinajstić information content (AvgIpc) is 3.30. The van der Waals surface area contributed by atoms with Crippen LogP contribution in [0, 0.1) is 5.92 Å². The lowest BCUT2D eigenvalue weighted by Gasteiger charge is -2.28. The van der Waals surface area contributed by atoms with Crippen molar-refractivity contribution < 1.29 is 22.6 Å². The molecule has 4 heterocycles. The van der Waals surface area contributed by atoms with E-state index in [4.69, 9.17) is 9.47 Å². The van der Waals surface area contributed by atoms with Crippen LogP contribution in [0.4, 0.5) is 19.1 Å². The maximum Gasteiger partial charge on any atom is 0.422 e. The van der Waals surface area contributed by atoms with Crippen LogP contribution in [0.3, 0.4) is 0 Å². The molecule has 2 atom stereocenters. The van der Waals surface area contributed by atoms with Gasteiger partial charge in [0.1, 0.15) is 5.69 Å². The number of ether oxygens (including phenoxy) is 2. The first-order valence-electron chi connectivity index (χ1n) is 8.69. The number of rotatable bonds is 5. The summed E-state index contributed by atoms with van der Waals surface area (Å²) >= 11 is 0. The highest BCUT2D eigenvalue weighted by Crippen LogP contribution is 2.30. The van der Waals surface area contributed by atoms with Gasteiger partial charge in [0.05, 0.1) is 19.0 Å². The summed E-state index contributed by atoms with van der Waals surface area (Å²) < 4.78 is 49.9. The van der Waals surface area contributed by atoms with E-state index < -0.39 is 12.8 Å². The molecule has 1 saturated heterocycles. The molecular weight excluding hydrogens is 379 g/mol. The number of fused-ring (bicyclic) bond motifs is 1. The largest absolute Gasteiger partial charge is 0.466 e. The summed E-state index contributed by atoms with van der Waals surface area (Å²) in [5.74, 6) is 0.388. The zero-order valence-electron chi connectivity index (χ0n) is 14.9. The molecule has 0 aliphatic carbocycles. The van der Waals surface area contributed by atoms with Gasteiger partial charge in [0, 0.05) is 24.4 Å². The monoisotopic (exact) mass is 397 g/mol. The van der Waals surface area contributed by atoms with Crippen LogP contribution in [0.1, 0.15) is 13.3 Å². The van der Waals surface area contributed by atoms with Crippen molar-refractivity contribution in [2.75, 3.05) is 25.1 Å². The number of anilines is 1. The summed E-state index contributed by atoms with van der Waals surface area (Å²) in [6, 6.07) is 0.104. The van der Waals surface area contributed by atoms with Crippen molar-refractivity contribution in [3.8, 4) is 17.1 Å². The van der Waals surface area contributed by atoms with Crippen LogP contribution in [-0.2, 0) is 4.74 Å². The third kappa shape index (κ3) is 3.86. The Hall–Kier alpha value is -2.89. The lowest BCUT2D eigenvalue weighted by molar-refractivity contribution is -0.154. The van der Waals surface area contributed by atoms with Gasteiger partial charge in [0.2, 0.25) is 11.8 Å². The predicted octanol–water partition coefficient (Wildman–Crippen LogP) is 2.29. The van der Waals surface area contributed by atoms with Crippen LogP contribution < -0.4 is 10.1 Å². The lowest BCUT2D eigenvalue weighted by atomic mass is 9.98. The van der Waals surface area contributed by atoms with Crippen molar-refractivity contribution in [1.82, 2.24) is 29.8 Å². The maximum atomic E-state index is 12.7. The molecule has 1 aliphatic heterocycles. The van der Waals surface area contributed by atoms with E-state index in [9.17, 15) is 13.2 Å². The van der Waals surface area contributed by atoms with Crippen LogP contribution in [0.5, 0.6) is 5.88 Å². The highest BCUT2D eigenvalue weighted by molar-refractivity contribution is 5.65. The second-order valence-electron chi connectivity index (χ2n) is 6.60. The van der Waals surface area contributed by atoms with Crippen molar-refractivity contribution in [2.24, 2.45) is 5.92 Å². The minimum Gasteiger partial charge on any atom is -0.466 e. The van der Waals surface area contributed by atoms with Gasteiger partial charge in [-0.25, -0.2) is 4.98 Å². The summed E-state index contributed by atoms with van der Waals surface area (Å²) in [4.78, 5) is 8.52. The van der Waals surface area contributed by atoms with Gasteiger partial charge in [-0.15, -0.1) is 5.10 Å². The molecule has 1 aliphatic rings. The molecule has 0 spiro atoms. The van der Waals surface area contributed by atoms with Gasteiger partial charge in [-0.05, 0) is 12.3 Å². The number of aromatic nitrogens is 6. The first kappa shape index (κ1) is 18.5. The predicted molar refractivity (Wildman–Crippen MR) is 91.9 cm³/mol. The molecule has 12 heteroatoms. The van der Waals surface area contributed by atoms with Gasteiger partial charge in [0.25, 0.3) is 0 Å². The molecule has 28 heavy (non-hydrogen) atoms. The van der Waals surface area contributed by atoms with Gasteiger partial charge in [-0.3, -0.25) is 5.10 Å². The Morgan fingerprint density at radius 3 is 2.96 bits per heavy atom. The molecule has 3 aromatic rings. The van der Waals surface area contributed by atoms with Gasteiger partial charge in [-0.1, -0.05) is 6.92 Å². The first-order valence-corrected chi connectivity index (χ1v) is 8.69. The number of nitrogens with one attached hydrogen (secondary N) is 2. The zero-order valence-corrected chi connectivity index (χ0v) is 14.9. The Labute approximate surface area is 157 Å². The van der Waals surface area contributed by atoms with Crippen LogP contribution in [0.2, 0.25) is 0 Å². The Morgan fingerprint density at radius 1 is 1.39 bits per heavy atom. The fourth-order valence-corrected chi connectivity index (χ4v) is 3.01. The first-order chi connectivity index (χ1) is 13.4. The van der Waals surface area contributed by atoms with E-state index in [2.05, 4.69) is 30.6 Å². The van der Waals surface area contributed by atoms with E-state index in [0.29, 0.717) is 24.7 Å². The van der Waals surface area contributed by atoms with Gasteiger partial charge in [-0.2, -0.15) is 27.8 Å². The number of hydrogen-bond acceptors (Lipinski definition) is 7. The highest BCUT2D eigenvalue weighted by atomic mass is 19.4. The topological polar surface area (TPSA) is 102 Å². The van der Waals surface area contributed by atoms with Crippen LogP contribution >= 0.6 is 0 Å². The van der Waals surface area contributed by atoms with E-state index in [1.807, 2.05) is 6.92 Å². The highest BCUT2D eigenvalue weighted by Gasteiger charge is 2.30. The van der Waals surface area contributed by atoms with E-state index in [1.54, 1.807) is 0 Å². The normalized spacial score (nSPS) is 20.4. The van der Waals surface area contributed by atoms with E-state index >= 15 is 0 Å². The molecule has 9 nitrogen and oxygen atoms in total. The summed E-state index contributed by atoms with van der Waals surface area (Å²) in [5.41, 5.74) is 0.926. The van der Waals surface area contributed by atoms with E-state index in [0.717, 1.165) is 6.42 Å². The molecule has 2 unspecified atom stereocenters. The SMILES string of the molecule is CC1COCCC1Nc1nc2cnc(-c3cn[nH]c3)c(OCC(F)(F)F)n2n1. The lowest BCUT2D eigenvalue weighted by Crippen LogP contribution is -2.36. The van der Waals surface area contributed by atoms with Crippen molar-refractivity contribution in [3.63, 3.8) is 0 Å². The Bertz CT molecular complexity index is 942. The maximum absolute atomic E-state index is 12.7. The van der Waals surface area contributed by atoms with Gasteiger partial charge < -0.3 is 14.8 Å². The molecule has 0 saturated carbocycles. The van der Waals surface area contributed by atoms with Crippen LogP contribution in [-0.4, -0.2) is 61.8 Å². The number of alkyl halides is 3. The van der Waals surface area contributed by atoms with Crippen molar-refractivity contribution in [2.45, 2.75) is 25.6 Å². The number of halogens is 3. The average molecular weight is 397 g/mol. The third-order valence-electron chi connectivity index (χ3n) is 4.44. The zero-order chi connectivity index (χ0) is 19.7. The van der Waals surface area contributed by atoms with Crippen molar-refractivity contribution in [1.29, 1.82) is 0 Å². The molecule has 2 N–H and O–H groups in total. The standard InChI is InChI=1S/C16H18F3N7O2/c1-9-7-27-3-2-11(9)23-15-24-12-6-20-13(10-4-21-22-5-10)14(26(12)25-15)28-8-16(17,18)19/h4-6,9,11H,2-3,7-8H2,1H3,(H,21,22)(H,23,25). The van der Waals surface area contributed by atoms with E-state index in [1.165, 1.54) is 23.1 Å². The smallest absolute Gasteiger partial charge is 0.422 e. The summed E-state index contributed by atoms with van der Waals surface area (Å²) in [7, 11) is 0. The Morgan fingerprint density at radius 2 is 2.25 bits per heavy atom. The molecular formula is C16H18F3N7O2. The van der Waals surface area contributed by atoms with Crippen molar-refractivity contribution >= 4 is 11.6 Å². The Balaban J connectivity index is 1.70. The molecule has 0 aromatic carbocycles. The second kappa shape index (κ2) is 7.26. The summed E-state index contributed by atoms with van der Waals surface area (Å²) in [5, 5.41) is 13.9. The van der Waals surface area contributed by atoms with Gasteiger partial charge >= 0.3 is 6.18 Å². The minimum atomic E-state index is -4.50. The van der Waals surface area contributed by atoms with Crippen molar-refractivity contribution in [3.05, 3.63) is 18.6 Å². The third-order valence-corrected chi connectivity index (χ3v) is 4.44. The molecule has 1 fully saturated rings. The number of aromatic amines is 1. The molecule has 3 aromatic heterocycles. The molecule has 0 bridgehead atoms. The summed E-state index contributed by atoms with van der Waals surface area (Å²) in [6.07, 6.45) is 0.652. The Kier molecular flexibility index (Phi) is 4.79. The number of nitrogens with zero attached hydrogens (tertiary/aromatic N) is 5. The fraction of sp³-hybridized carbons (Fsp3) is 0.500. The van der Waals surface area contributed by atoms with Crippen LogP contribution in [0.25, 0.3) is 16.9 Å². The fourth-order valence-electron chi connectivity index (χ4n) is 3.01. The van der Waals surface area contributed by atoms with Gasteiger partial charge in [0.15, 0.2) is 12.3 Å². The van der Waals surface area contributed by atoms with Crippen LogP contribution in [0.15, 0.2) is 18.6 Å². The molecule has 4 rings (SSSR count). The minimum absolute atomic E-state index is 0.104. The second-order valence-corrected chi connectivity index (χ2v) is 6.60. The molecule has 0 radical (unpaired) electrons. The quantitative estimate of drug-likeness (QED) is 0.681. The molecule has 150 valence electrons. The number of hydrogen-bond donors (Lipinski definition) is 2. The summed E-state index contributed by atoms with van der Waals surface area (Å²) in [6.45, 7) is 1.82. The van der Waals surface area contributed by atoms with E-state index in [-0.39, 0.29) is 29.2 Å².